The van der Waals surface area contributed by atoms with Crippen molar-refractivity contribution < 1.29 is 23.8 Å². The van der Waals surface area contributed by atoms with Crippen LogP contribution in [-0.4, -0.2) is 55.3 Å². The fourth-order valence-electron chi connectivity index (χ4n) is 4.98. The van der Waals surface area contributed by atoms with Gasteiger partial charge in [0.05, 0.1) is 18.9 Å². The minimum atomic E-state index is -0.789. The molecule has 1 aliphatic rings. The molecule has 3 aromatic carbocycles. The van der Waals surface area contributed by atoms with Gasteiger partial charge in [0.15, 0.2) is 0 Å². The van der Waals surface area contributed by atoms with Crippen molar-refractivity contribution in [2.75, 3.05) is 13.2 Å². The van der Waals surface area contributed by atoms with Gasteiger partial charge in [-0.3, -0.25) is 4.90 Å². The summed E-state index contributed by atoms with van der Waals surface area (Å²) in [6, 6.07) is 17.9. The van der Waals surface area contributed by atoms with Gasteiger partial charge in [0.25, 0.3) is 0 Å². The maximum absolute atomic E-state index is 13.4. The summed E-state index contributed by atoms with van der Waals surface area (Å²) in [6.45, 7) is 0.682. The van der Waals surface area contributed by atoms with Crippen molar-refractivity contribution in [3.05, 3.63) is 107 Å². The van der Waals surface area contributed by atoms with E-state index in [9.17, 15) is 14.3 Å². The quantitative estimate of drug-likeness (QED) is 0.285. The van der Waals surface area contributed by atoms with Crippen LogP contribution in [0.25, 0.3) is 10.9 Å². The van der Waals surface area contributed by atoms with E-state index in [1.807, 2.05) is 30.3 Å². The van der Waals surface area contributed by atoms with Crippen LogP contribution in [0.5, 0.6) is 11.5 Å². The van der Waals surface area contributed by atoms with Gasteiger partial charge in [-0.1, -0.05) is 23.7 Å². The molecule has 6 rings (SSSR count). The Morgan fingerprint density at radius 3 is 2.55 bits per heavy atom. The van der Waals surface area contributed by atoms with Gasteiger partial charge in [-0.15, -0.1) is 0 Å². The van der Waals surface area contributed by atoms with Crippen LogP contribution in [0.15, 0.2) is 79.1 Å². The topological polar surface area (TPSA) is 106 Å². The molecule has 0 spiro atoms. The number of hydrogen-bond donors (Lipinski definition) is 2. The Morgan fingerprint density at radius 1 is 1.07 bits per heavy atom. The molecule has 0 bridgehead atoms. The van der Waals surface area contributed by atoms with Crippen LogP contribution < -0.4 is 9.47 Å². The number of carbonyl (C=O) groups is 1. The van der Waals surface area contributed by atoms with E-state index in [0.717, 1.165) is 27.7 Å². The van der Waals surface area contributed by atoms with Crippen molar-refractivity contribution in [2.45, 2.75) is 25.1 Å². The molecule has 5 aromatic rings. The molecule has 9 nitrogen and oxygen atoms in total. The van der Waals surface area contributed by atoms with Crippen LogP contribution in [0.4, 0.5) is 9.18 Å². The highest BCUT2D eigenvalue weighted by Crippen LogP contribution is 2.40. The van der Waals surface area contributed by atoms with Crippen molar-refractivity contribution >= 4 is 28.6 Å². The zero-order valence-electron chi connectivity index (χ0n) is 21.2. The first-order valence-corrected chi connectivity index (χ1v) is 13.1. The van der Waals surface area contributed by atoms with Crippen LogP contribution in [-0.2, 0) is 13.0 Å². The molecule has 40 heavy (non-hydrogen) atoms. The highest BCUT2D eigenvalue weighted by atomic mass is 35.5. The van der Waals surface area contributed by atoms with Crippen molar-refractivity contribution in [3.8, 4) is 11.5 Å². The van der Waals surface area contributed by atoms with Crippen LogP contribution in [0.1, 0.15) is 22.9 Å². The predicted octanol–water partition coefficient (Wildman–Crippen LogP) is 5.14. The molecule has 11 heteroatoms. The number of aromatic amines is 1. The second-order valence-corrected chi connectivity index (χ2v) is 9.93. The molecule has 3 heterocycles. The molecule has 204 valence electrons. The number of aromatic nitrogens is 4. The van der Waals surface area contributed by atoms with Gasteiger partial charge in [-0.2, -0.15) is 15.0 Å². The molecule has 2 atom stereocenters. The van der Waals surface area contributed by atoms with Gasteiger partial charge in [0.2, 0.25) is 0 Å². The van der Waals surface area contributed by atoms with Crippen LogP contribution in [0, 0.1) is 5.82 Å². The second kappa shape index (κ2) is 11.0. The average Bonchev–Trinajstić information content (AvgIpc) is 3.60. The first-order chi connectivity index (χ1) is 19.4. The SMILES string of the molecule is O=C(Oc1ccc(F)cc1)N1CCc2c([nH]c3ccc(Cl)cc23)[C@@H]1c1ccc(OCC(O)Cn2nccn2)cc1. The van der Waals surface area contributed by atoms with Crippen molar-refractivity contribution in [3.63, 3.8) is 0 Å². The molecule has 2 aromatic heterocycles. The Balaban J connectivity index is 1.27. The van der Waals surface area contributed by atoms with Gasteiger partial charge < -0.3 is 19.6 Å². The Bertz CT molecular complexity index is 1620. The van der Waals surface area contributed by atoms with Gasteiger partial charge in [0, 0.05) is 28.2 Å². The summed E-state index contributed by atoms with van der Waals surface area (Å²) < 4.78 is 24.8. The lowest BCUT2D eigenvalue weighted by molar-refractivity contribution is 0.0854. The number of ether oxygens (including phenoxy) is 2. The molecule has 0 saturated carbocycles. The lowest BCUT2D eigenvalue weighted by Gasteiger charge is -2.35. The van der Waals surface area contributed by atoms with Crippen molar-refractivity contribution in [1.82, 2.24) is 24.9 Å². The summed E-state index contributed by atoms with van der Waals surface area (Å²) in [5.41, 5.74) is 3.72. The zero-order valence-corrected chi connectivity index (χ0v) is 22.0. The largest absolute Gasteiger partial charge is 0.491 e. The van der Waals surface area contributed by atoms with E-state index in [-0.39, 0.29) is 18.9 Å². The number of H-pyrrole nitrogens is 1. The molecule has 0 radical (unpaired) electrons. The second-order valence-electron chi connectivity index (χ2n) is 9.49. The summed E-state index contributed by atoms with van der Waals surface area (Å²) in [5.74, 6) is 0.410. The molecule has 1 amide bonds. The third-order valence-electron chi connectivity index (χ3n) is 6.82. The number of aliphatic hydroxyl groups is 1. The summed E-state index contributed by atoms with van der Waals surface area (Å²) in [6.07, 6.45) is 2.36. The highest BCUT2D eigenvalue weighted by molar-refractivity contribution is 6.31. The van der Waals surface area contributed by atoms with E-state index in [0.29, 0.717) is 23.7 Å². The molecule has 0 aliphatic carbocycles. The van der Waals surface area contributed by atoms with Gasteiger partial charge in [-0.05, 0) is 72.1 Å². The van der Waals surface area contributed by atoms with E-state index in [1.165, 1.54) is 29.1 Å². The Hall–Kier alpha value is -4.41. The third kappa shape index (κ3) is 5.36. The van der Waals surface area contributed by atoms with E-state index >= 15 is 0 Å². The molecule has 1 aliphatic heterocycles. The minimum Gasteiger partial charge on any atom is -0.491 e. The average molecular weight is 562 g/mol. The van der Waals surface area contributed by atoms with E-state index in [4.69, 9.17) is 21.1 Å². The molecule has 2 N–H and O–H groups in total. The minimum absolute atomic E-state index is 0.0629. The Morgan fingerprint density at radius 2 is 1.80 bits per heavy atom. The number of aliphatic hydroxyl groups excluding tert-OH is 1. The molecule has 0 fully saturated rings. The summed E-state index contributed by atoms with van der Waals surface area (Å²) >= 11 is 6.30. The summed E-state index contributed by atoms with van der Waals surface area (Å²) in [5, 5.41) is 19.9. The number of fused-ring (bicyclic) bond motifs is 3. The zero-order chi connectivity index (χ0) is 27.6. The van der Waals surface area contributed by atoms with E-state index < -0.39 is 24.1 Å². The van der Waals surface area contributed by atoms with Crippen LogP contribution >= 0.6 is 11.6 Å². The number of carbonyl (C=O) groups excluding carboxylic acids is 1. The van der Waals surface area contributed by atoms with Gasteiger partial charge in [0.1, 0.15) is 36.1 Å². The molecule has 0 saturated heterocycles. The highest BCUT2D eigenvalue weighted by Gasteiger charge is 2.35. The van der Waals surface area contributed by atoms with E-state index in [1.54, 1.807) is 29.4 Å². The first-order valence-electron chi connectivity index (χ1n) is 12.7. The molecular formula is C29H25ClFN5O4. The van der Waals surface area contributed by atoms with Crippen LogP contribution in [0.2, 0.25) is 5.02 Å². The normalized spacial score (nSPS) is 15.6. The number of benzene rings is 3. The van der Waals surface area contributed by atoms with E-state index in [2.05, 4.69) is 15.2 Å². The van der Waals surface area contributed by atoms with Crippen molar-refractivity contribution in [2.24, 2.45) is 0 Å². The lowest BCUT2D eigenvalue weighted by Crippen LogP contribution is -2.42. The van der Waals surface area contributed by atoms with Gasteiger partial charge >= 0.3 is 6.09 Å². The number of rotatable bonds is 7. The third-order valence-corrected chi connectivity index (χ3v) is 7.06. The fourth-order valence-corrected chi connectivity index (χ4v) is 5.16. The van der Waals surface area contributed by atoms with Gasteiger partial charge in [-0.25, -0.2) is 9.18 Å². The van der Waals surface area contributed by atoms with Crippen LogP contribution in [0.3, 0.4) is 0 Å². The monoisotopic (exact) mass is 561 g/mol. The predicted molar refractivity (Wildman–Crippen MR) is 146 cm³/mol. The molecular weight excluding hydrogens is 537 g/mol. The number of hydrogen-bond acceptors (Lipinski definition) is 6. The number of nitrogens with zero attached hydrogens (tertiary/aromatic N) is 4. The maximum atomic E-state index is 13.4. The number of halogens is 2. The lowest BCUT2D eigenvalue weighted by atomic mass is 9.92. The molecule has 1 unspecified atom stereocenters. The maximum Gasteiger partial charge on any atom is 0.416 e. The van der Waals surface area contributed by atoms with Crippen molar-refractivity contribution in [1.29, 1.82) is 0 Å². The Kier molecular flexibility index (Phi) is 7.10. The summed E-state index contributed by atoms with van der Waals surface area (Å²) in [4.78, 5) is 19.9. The fraction of sp³-hybridized carbons (Fsp3) is 0.207. The summed E-state index contributed by atoms with van der Waals surface area (Å²) in [7, 11) is 0. The number of nitrogens with one attached hydrogen (secondary N) is 1. The standard InChI is InChI=1S/C29H25ClFN5O4/c30-19-3-10-26-25(15-19)24-11-14-35(29(38)40-23-8-4-20(31)5-9-23)28(27(24)34-26)18-1-6-22(7-2-18)39-17-21(37)16-36-32-12-13-33-36/h1-10,12-13,15,21,28,34,37H,11,14,16-17H2/t21?,28-/m0/s1. The first kappa shape index (κ1) is 25.8. The smallest absolute Gasteiger partial charge is 0.416 e. The Labute approximate surface area is 233 Å². The number of amides is 1.